The van der Waals surface area contributed by atoms with Crippen LogP contribution < -0.4 is 9.47 Å². The Balaban J connectivity index is 2.49. The van der Waals surface area contributed by atoms with Crippen LogP contribution in [0.2, 0.25) is 0 Å². The third kappa shape index (κ3) is 5.44. The van der Waals surface area contributed by atoms with Crippen molar-refractivity contribution in [1.82, 2.24) is 4.98 Å². The molecule has 0 radical (unpaired) electrons. The number of phenols is 1. The summed E-state index contributed by atoms with van der Waals surface area (Å²) in [5, 5.41) is 10.9. The van der Waals surface area contributed by atoms with Crippen molar-refractivity contribution < 1.29 is 24.1 Å². The smallest absolute Gasteiger partial charge is 0.193 e. The van der Waals surface area contributed by atoms with Gasteiger partial charge in [-0.2, -0.15) is 0 Å². The van der Waals surface area contributed by atoms with Gasteiger partial charge in [0.2, 0.25) is 0 Å². The fraction of sp³-hybridized carbons (Fsp3) is 0.273. The zero-order chi connectivity index (χ0) is 20.5. The lowest BCUT2D eigenvalue weighted by atomic mass is 9.99. The number of aromatic hydroxyl groups is 1. The van der Waals surface area contributed by atoms with Gasteiger partial charge in [0.1, 0.15) is 22.8 Å². The highest BCUT2D eigenvalue weighted by Crippen LogP contribution is 2.39. The fourth-order valence-electron chi connectivity index (χ4n) is 2.54. The van der Waals surface area contributed by atoms with Gasteiger partial charge >= 0.3 is 0 Å². The molecule has 0 spiro atoms. The first-order chi connectivity index (χ1) is 13.5. The SMILES string of the molecule is COCOc1cc(OC)c(C(=O)/C=C/c2ccccn2)c(O)c1CC=C(C)C. The number of carbonyl (C=O) groups excluding carboxylic acids is 1. The van der Waals surface area contributed by atoms with Gasteiger partial charge in [-0.05, 0) is 44.6 Å². The second kappa shape index (κ2) is 10.3. The van der Waals surface area contributed by atoms with E-state index in [2.05, 4.69) is 4.98 Å². The van der Waals surface area contributed by atoms with Crippen molar-refractivity contribution in [2.75, 3.05) is 21.0 Å². The van der Waals surface area contributed by atoms with Crippen LogP contribution in [0.5, 0.6) is 17.2 Å². The van der Waals surface area contributed by atoms with Crippen LogP contribution in [0.3, 0.4) is 0 Å². The number of allylic oxidation sites excluding steroid dienone is 3. The van der Waals surface area contributed by atoms with E-state index in [9.17, 15) is 9.90 Å². The maximum atomic E-state index is 12.8. The standard InChI is InChI=1S/C22H25NO5/c1-15(2)8-10-17-19(28-14-26-3)13-20(27-4)21(22(17)25)18(24)11-9-16-7-5-6-12-23-16/h5-9,11-13,25H,10,14H2,1-4H3/b11-9+. The second-order valence-electron chi connectivity index (χ2n) is 6.27. The molecule has 0 amide bonds. The number of nitrogens with zero attached hydrogens (tertiary/aromatic N) is 1. The Bertz CT molecular complexity index is 868. The first-order valence-corrected chi connectivity index (χ1v) is 8.79. The van der Waals surface area contributed by atoms with Gasteiger partial charge in [-0.1, -0.05) is 17.7 Å². The molecule has 2 rings (SSSR count). The minimum absolute atomic E-state index is 0.0112. The predicted octanol–water partition coefficient (Wildman–Crippen LogP) is 4.18. The Morgan fingerprint density at radius 1 is 1.21 bits per heavy atom. The largest absolute Gasteiger partial charge is 0.507 e. The number of rotatable bonds is 9. The molecule has 1 aromatic carbocycles. The minimum Gasteiger partial charge on any atom is -0.507 e. The van der Waals surface area contributed by atoms with Crippen LogP contribution in [0.4, 0.5) is 0 Å². The first kappa shape index (κ1) is 21.2. The van der Waals surface area contributed by atoms with Crippen LogP contribution in [0.15, 0.2) is 48.2 Å². The highest BCUT2D eigenvalue weighted by Gasteiger charge is 2.23. The molecule has 0 saturated carbocycles. The molecule has 1 N–H and O–H groups in total. The molecule has 0 bridgehead atoms. The van der Waals surface area contributed by atoms with Crippen molar-refractivity contribution >= 4 is 11.9 Å². The van der Waals surface area contributed by atoms with Crippen LogP contribution in [0.1, 0.15) is 35.5 Å². The van der Waals surface area contributed by atoms with Crippen molar-refractivity contribution in [3.8, 4) is 17.2 Å². The van der Waals surface area contributed by atoms with Crippen molar-refractivity contribution in [2.45, 2.75) is 20.3 Å². The predicted molar refractivity (Wildman–Crippen MR) is 108 cm³/mol. The monoisotopic (exact) mass is 383 g/mol. The summed E-state index contributed by atoms with van der Waals surface area (Å²) >= 11 is 0. The van der Waals surface area contributed by atoms with Crippen LogP contribution in [0, 0.1) is 0 Å². The van der Waals surface area contributed by atoms with E-state index in [1.807, 2.05) is 26.0 Å². The number of pyridine rings is 1. The van der Waals surface area contributed by atoms with Crippen LogP contribution in [0.25, 0.3) is 6.08 Å². The quantitative estimate of drug-likeness (QED) is 0.303. The molecule has 0 atom stereocenters. The van der Waals surface area contributed by atoms with E-state index < -0.39 is 5.78 Å². The molecular formula is C22H25NO5. The molecular weight excluding hydrogens is 358 g/mol. The van der Waals surface area contributed by atoms with Gasteiger partial charge in [-0.3, -0.25) is 9.78 Å². The maximum Gasteiger partial charge on any atom is 0.193 e. The molecule has 0 unspecified atom stereocenters. The van der Waals surface area contributed by atoms with Gasteiger partial charge in [0, 0.05) is 24.9 Å². The summed E-state index contributed by atoms with van der Waals surface area (Å²) in [5.74, 6) is 0.0644. The Hall–Kier alpha value is -3.12. The van der Waals surface area contributed by atoms with Crippen molar-refractivity contribution in [1.29, 1.82) is 0 Å². The van der Waals surface area contributed by atoms with Gasteiger partial charge in [0.15, 0.2) is 12.6 Å². The van der Waals surface area contributed by atoms with E-state index in [1.54, 1.807) is 30.5 Å². The summed E-state index contributed by atoms with van der Waals surface area (Å²) in [7, 11) is 2.94. The molecule has 6 nitrogen and oxygen atoms in total. The second-order valence-corrected chi connectivity index (χ2v) is 6.27. The Kier molecular flexibility index (Phi) is 7.77. The van der Waals surface area contributed by atoms with Gasteiger partial charge in [0.05, 0.1) is 12.8 Å². The van der Waals surface area contributed by atoms with Crippen LogP contribution in [-0.2, 0) is 11.2 Å². The Morgan fingerprint density at radius 2 is 2.00 bits per heavy atom. The number of hydrogen-bond donors (Lipinski definition) is 1. The van der Waals surface area contributed by atoms with E-state index in [1.165, 1.54) is 20.3 Å². The zero-order valence-corrected chi connectivity index (χ0v) is 16.6. The van der Waals surface area contributed by atoms with Crippen LogP contribution in [-0.4, -0.2) is 36.9 Å². The number of aromatic nitrogens is 1. The number of benzene rings is 1. The number of ether oxygens (including phenoxy) is 3. The lowest BCUT2D eigenvalue weighted by molar-refractivity contribution is 0.0502. The van der Waals surface area contributed by atoms with E-state index in [-0.39, 0.29) is 23.9 Å². The summed E-state index contributed by atoms with van der Waals surface area (Å²) in [6.45, 7) is 3.92. The summed E-state index contributed by atoms with van der Waals surface area (Å²) in [6.07, 6.45) is 6.94. The lowest BCUT2D eigenvalue weighted by Crippen LogP contribution is -2.07. The third-order valence-corrected chi connectivity index (χ3v) is 3.93. The average Bonchev–Trinajstić information content (AvgIpc) is 2.69. The maximum absolute atomic E-state index is 12.8. The fourth-order valence-corrected chi connectivity index (χ4v) is 2.54. The summed E-state index contributed by atoms with van der Waals surface area (Å²) in [6, 6.07) is 6.99. The molecule has 0 saturated heterocycles. The molecule has 0 fully saturated rings. The van der Waals surface area contributed by atoms with Gasteiger partial charge < -0.3 is 19.3 Å². The molecule has 0 aliphatic carbocycles. The topological polar surface area (TPSA) is 77.9 Å². The van der Waals surface area contributed by atoms with Gasteiger partial charge in [0.25, 0.3) is 0 Å². The van der Waals surface area contributed by atoms with E-state index in [4.69, 9.17) is 14.2 Å². The average molecular weight is 383 g/mol. The number of carbonyl (C=O) groups is 1. The molecule has 6 heteroatoms. The van der Waals surface area contributed by atoms with Crippen molar-refractivity contribution in [3.63, 3.8) is 0 Å². The molecule has 28 heavy (non-hydrogen) atoms. The van der Waals surface area contributed by atoms with Gasteiger partial charge in [-0.15, -0.1) is 0 Å². The minimum atomic E-state index is -0.392. The number of ketones is 1. The zero-order valence-electron chi connectivity index (χ0n) is 16.6. The molecule has 0 aliphatic heterocycles. The number of phenolic OH excluding ortho intramolecular Hbond substituents is 1. The first-order valence-electron chi connectivity index (χ1n) is 8.79. The molecule has 0 aliphatic rings. The third-order valence-electron chi connectivity index (χ3n) is 3.93. The van der Waals surface area contributed by atoms with Crippen LogP contribution >= 0.6 is 0 Å². The lowest BCUT2D eigenvalue weighted by Gasteiger charge is -2.17. The van der Waals surface area contributed by atoms with Crippen molar-refractivity contribution in [3.05, 3.63) is 65.0 Å². The Morgan fingerprint density at radius 3 is 2.61 bits per heavy atom. The molecule has 148 valence electrons. The molecule has 1 heterocycles. The Labute approximate surface area is 165 Å². The van der Waals surface area contributed by atoms with E-state index in [0.717, 1.165) is 5.57 Å². The van der Waals surface area contributed by atoms with Crippen molar-refractivity contribution in [2.24, 2.45) is 0 Å². The van der Waals surface area contributed by atoms with E-state index in [0.29, 0.717) is 23.4 Å². The van der Waals surface area contributed by atoms with E-state index >= 15 is 0 Å². The molecule has 1 aromatic heterocycles. The van der Waals surface area contributed by atoms with Gasteiger partial charge in [-0.25, -0.2) is 0 Å². The highest BCUT2D eigenvalue weighted by molar-refractivity contribution is 6.11. The summed E-state index contributed by atoms with van der Waals surface area (Å²) in [5.41, 5.74) is 2.29. The summed E-state index contributed by atoms with van der Waals surface area (Å²) in [4.78, 5) is 16.9. The summed E-state index contributed by atoms with van der Waals surface area (Å²) < 4.78 is 15.9. The highest BCUT2D eigenvalue weighted by atomic mass is 16.7. The number of hydrogen-bond acceptors (Lipinski definition) is 6. The number of methoxy groups -OCH3 is 2. The normalized spacial score (nSPS) is 10.7. The molecule has 2 aromatic rings.